The van der Waals surface area contributed by atoms with E-state index in [9.17, 15) is 18.0 Å². The summed E-state index contributed by atoms with van der Waals surface area (Å²) < 4.78 is 44.3. The lowest BCUT2D eigenvalue weighted by Gasteiger charge is -2.14. The zero-order valence-electron chi connectivity index (χ0n) is 21.4. The maximum atomic E-state index is 13.2. The Labute approximate surface area is 226 Å². The SMILES string of the molecule is Cc1c(OCC(F)(F)F)ccnc1CNC(=O)c1nc(-c2ccc3ncccc3c2)c(-c2ccn(C)n2)nc1N. The van der Waals surface area contributed by atoms with Gasteiger partial charge in [0.2, 0.25) is 0 Å². The molecule has 1 amide bonds. The van der Waals surface area contributed by atoms with Crippen LogP contribution in [0.15, 0.2) is 61.1 Å². The number of alkyl halides is 3. The van der Waals surface area contributed by atoms with Crippen molar-refractivity contribution in [1.29, 1.82) is 0 Å². The summed E-state index contributed by atoms with van der Waals surface area (Å²) in [4.78, 5) is 30.8. The van der Waals surface area contributed by atoms with Crippen LogP contribution >= 0.6 is 0 Å². The molecule has 0 aliphatic heterocycles. The zero-order chi connectivity index (χ0) is 28.4. The third-order valence-electron chi connectivity index (χ3n) is 6.04. The number of fused-ring (bicyclic) bond motifs is 1. The van der Waals surface area contributed by atoms with Crippen LogP contribution in [0.5, 0.6) is 5.75 Å². The number of halogens is 3. The summed E-state index contributed by atoms with van der Waals surface area (Å²) in [5, 5.41) is 7.97. The summed E-state index contributed by atoms with van der Waals surface area (Å²) in [5.41, 5.74) is 9.52. The van der Waals surface area contributed by atoms with E-state index in [1.807, 2.05) is 30.3 Å². The van der Waals surface area contributed by atoms with Crippen molar-refractivity contribution in [2.24, 2.45) is 7.05 Å². The Morgan fingerprint density at radius 2 is 1.90 bits per heavy atom. The minimum atomic E-state index is -4.49. The van der Waals surface area contributed by atoms with E-state index in [-0.39, 0.29) is 23.8 Å². The topological polar surface area (TPSA) is 134 Å². The Morgan fingerprint density at radius 1 is 1.07 bits per heavy atom. The van der Waals surface area contributed by atoms with E-state index in [2.05, 4.69) is 30.4 Å². The number of pyridine rings is 2. The summed E-state index contributed by atoms with van der Waals surface area (Å²) in [6.07, 6.45) is 0.273. The van der Waals surface area contributed by atoms with E-state index in [1.54, 1.807) is 37.1 Å². The van der Waals surface area contributed by atoms with Crippen LogP contribution in [0.3, 0.4) is 0 Å². The van der Waals surface area contributed by atoms with Gasteiger partial charge in [0, 0.05) is 42.2 Å². The molecule has 3 N–H and O–H groups in total. The van der Waals surface area contributed by atoms with Crippen molar-refractivity contribution in [1.82, 2.24) is 35.0 Å². The number of nitrogens with two attached hydrogens (primary N) is 1. The van der Waals surface area contributed by atoms with Crippen molar-refractivity contribution in [3.05, 3.63) is 78.0 Å². The van der Waals surface area contributed by atoms with E-state index < -0.39 is 18.7 Å². The van der Waals surface area contributed by atoms with Crippen LogP contribution in [0.2, 0.25) is 0 Å². The van der Waals surface area contributed by atoms with Crippen molar-refractivity contribution in [2.45, 2.75) is 19.6 Å². The average molecular weight is 549 g/mol. The predicted octanol–water partition coefficient (Wildman–Crippen LogP) is 4.25. The summed E-state index contributed by atoms with van der Waals surface area (Å²) in [5.74, 6) is -0.732. The molecule has 0 saturated heterocycles. The van der Waals surface area contributed by atoms with E-state index in [1.165, 1.54) is 12.3 Å². The maximum absolute atomic E-state index is 13.2. The lowest BCUT2D eigenvalue weighted by molar-refractivity contribution is -0.153. The van der Waals surface area contributed by atoms with E-state index in [0.29, 0.717) is 33.9 Å². The number of hydrogen-bond donors (Lipinski definition) is 2. The number of amides is 1. The number of nitrogens with zero attached hydrogens (tertiary/aromatic N) is 6. The minimum Gasteiger partial charge on any atom is -0.484 e. The second kappa shape index (κ2) is 10.6. The van der Waals surface area contributed by atoms with E-state index in [4.69, 9.17) is 10.5 Å². The highest BCUT2D eigenvalue weighted by molar-refractivity contribution is 5.98. The largest absolute Gasteiger partial charge is 0.484 e. The Kier molecular flexibility index (Phi) is 7.03. The van der Waals surface area contributed by atoms with Gasteiger partial charge in [-0.15, -0.1) is 0 Å². The number of benzene rings is 1. The Hall–Kier alpha value is -5.07. The highest BCUT2D eigenvalue weighted by Gasteiger charge is 2.29. The Balaban J connectivity index is 1.47. The molecule has 0 spiro atoms. The van der Waals surface area contributed by atoms with Crippen LogP contribution in [0.25, 0.3) is 33.5 Å². The van der Waals surface area contributed by atoms with Gasteiger partial charge in [0.25, 0.3) is 5.91 Å². The van der Waals surface area contributed by atoms with Gasteiger partial charge in [0.1, 0.15) is 17.1 Å². The lowest BCUT2D eigenvalue weighted by Crippen LogP contribution is -2.27. The summed E-state index contributed by atoms with van der Waals surface area (Å²) >= 11 is 0. The number of ether oxygens (including phenoxy) is 1. The molecular weight excluding hydrogens is 525 g/mol. The van der Waals surface area contributed by atoms with Crippen LogP contribution in [-0.2, 0) is 13.6 Å². The fourth-order valence-electron chi connectivity index (χ4n) is 4.06. The van der Waals surface area contributed by atoms with Crippen LogP contribution < -0.4 is 15.8 Å². The number of hydrogen-bond acceptors (Lipinski definition) is 8. The molecule has 0 aliphatic rings. The first-order valence-electron chi connectivity index (χ1n) is 12.0. The smallest absolute Gasteiger partial charge is 0.422 e. The molecule has 0 radical (unpaired) electrons. The van der Waals surface area contributed by atoms with E-state index >= 15 is 0 Å². The van der Waals surface area contributed by atoms with Gasteiger partial charge >= 0.3 is 6.18 Å². The van der Waals surface area contributed by atoms with Crippen molar-refractivity contribution >= 4 is 22.6 Å². The fraction of sp³-hybridized carbons (Fsp3) is 0.185. The molecule has 10 nitrogen and oxygen atoms in total. The summed E-state index contributed by atoms with van der Waals surface area (Å²) in [6.45, 7) is 0.0166. The third-order valence-corrected chi connectivity index (χ3v) is 6.04. The Morgan fingerprint density at radius 3 is 2.65 bits per heavy atom. The van der Waals surface area contributed by atoms with Gasteiger partial charge in [0.05, 0.1) is 23.4 Å². The predicted molar refractivity (Wildman–Crippen MR) is 141 cm³/mol. The molecule has 0 aliphatic carbocycles. The first-order chi connectivity index (χ1) is 19.1. The van der Waals surface area contributed by atoms with Crippen molar-refractivity contribution < 1.29 is 22.7 Å². The molecule has 40 heavy (non-hydrogen) atoms. The second-order valence-corrected chi connectivity index (χ2v) is 8.91. The fourth-order valence-corrected chi connectivity index (χ4v) is 4.06. The van der Waals surface area contributed by atoms with Crippen molar-refractivity contribution in [3.8, 4) is 28.4 Å². The number of aromatic nitrogens is 6. The molecule has 204 valence electrons. The van der Waals surface area contributed by atoms with Crippen molar-refractivity contribution in [3.63, 3.8) is 0 Å². The molecular formula is C27H23F3N8O2. The number of aryl methyl sites for hydroxylation is 1. The zero-order valence-corrected chi connectivity index (χ0v) is 21.4. The summed E-state index contributed by atoms with van der Waals surface area (Å²) in [6, 6.07) is 12.4. The minimum absolute atomic E-state index is 0.0173. The van der Waals surface area contributed by atoms with Gasteiger partial charge in [-0.1, -0.05) is 12.1 Å². The molecule has 0 unspecified atom stereocenters. The number of rotatable bonds is 7. The molecule has 0 atom stereocenters. The van der Waals surface area contributed by atoms with Crippen molar-refractivity contribution in [2.75, 3.05) is 12.3 Å². The van der Waals surface area contributed by atoms with Gasteiger partial charge in [-0.05, 0) is 37.3 Å². The van der Waals surface area contributed by atoms with E-state index in [0.717, 1.165) is 10.9 Å². The van der Waals surface area contributed by atoms with Crippen LogP contribution in [0, 0.1) is 6.92 Å². The normalized spacial score (nSPS) is 11.5. The number of carbonyl (C=O) groups excluding carboxylic acids is 1. The Bertz CT molecular complexity index is 1720. The molecule has 13 heteroatoms. The first kappa shape index (κ1) is 26.5. The standard InChI is InChI=1S/C27H23F3N8O2/c1-15-20(33-10-7-21(15)40-14-27(28,29)30)13-34-26(39)24-25(31)36-23(19-8-11-38(2)37-19)22(35-24)17-5-6-18-16(12-17)4-3-9-32-18/h3-12H,13-14H2,1-2H3,(H2,31,36)(H,34,39). The molecule has 5 aromatic rings. The van der Waals surface area contributed by atoms with Crippen LogP contribution in [-0.4, -0.2) is 48.4 Å². The lowest BCUT2D eigenvalue weighted by atomic mass is 10.0. The number of anilines is 1. The average Bonchev–Trinajstić information content (AvgIpc) is 3.36. The molecule has 0 fully saturated rings. The highest BCUT2D eigenvalue weighted by atomic mass is 19.4. The number of carbonyl (C=O) groups is 1. The quantitative estimate of drug-likeness (QED) is 0.308. The molecule has 5 rings (SSSR count). The van der Waals surface area contributed by atoms with Gasteiger partial charge in [-0.25, -0.2) is 9.97 Å². The second-order valence-electron chi connectivity index (χ2n) is 8.91. The van der Waals surface area contributed by atoms with Gasteiger partial charge in [-0.2, -0.15) is 18.3 Å². The third kappa shape index (κ3) is 5.67. The van der Waals surface area contributed by atoms with Gasteiger partial charge in [0.15, 0.2) is 18.1 Å². The molecule has 0 saturated carbocycles. The molecule has 1 aromatic carbocycles. The maximum Gasteiger partial charge on any atom is 0.422 e. The van der Waals surface area contributed by atoms with Crippen LogP contribution in [0.4, 0.5) is 19.0 Å². The first-order valence-corrected chi connectivity index (χ1v) is 12.0. The molecule has 4 heterocycles. The van der Waals surface area contributed by atoms with Gasteiger partial charge in [-0.3, -0.25) is 19.4 Å². The molecule has 0 bridgehead atoms. The number of nitrogens with one attached hydrogen (secondary N) is 1. The summed E-state index contributed by atoms with van der Waals surface area (Å²) in [7, 11) is 1.77. The molecule has 4 aromatic heterocycles. The monoisotopic (exact) mass is 548 g/mol. The van der Waals surface area contributed by atoms with Crippen LogP contribution in [0.1, 0.15) is 21.7 Å². The highest BCUT2D eigenvalue weighted by Crippen LogP contribution is 2.31. The number of nitrogen functional groups attached to an aromatic ring is 1. The van der Waals surface area contributed by atoms with Gasteiger partial charge < -0.3 is 15.8 Å².